The monoisotopic (exact) mass is 799 g/mol. The Balaban J connectivity index is 0.000000530. The molecule has 8 unspecified atom stereocenters. The maximum atomic E-state index is 14.5. The molecule has 10 nitrogen and oxygen atoms in total. The Hall–Kier alpha value is -2.20. The molecule has 320 valence electrons. The SMILES string of the molecule is NC1CCC(N2C(=O)C3CCC4C5CCC6C(=O)N(C7CCC(N=NC8CCCCC8)CC7)C(=O)C7CCC(C8CCC(C2=O)C3C48)C5C67)CC1.NC1CCCCC1. The molecule has 2 aliphatic heterocycles. The molecular formula is C48H74N6O4. The zero-order valence-corrected chi connectivity index (χ0v) is 35.4. The van der Waals surface area contributed by atoms with Gasteiger partial charge in [0.15, 0.2) is 0 Å². The first-order valence-electron chi connectivity index (χ1n) is 24.9. The smallest absolute Gasteiger partial charge is 0.232 e. The fourth-order valence-electron chi connectivity index (χ4n) is 16.6. The van der Waals surface area contributed by atoms with Crippen LogP contribution in [0.3, 0.4) is 0 Å². The van der Waals surface area contributed by atoms with E-state index < -0.39 is 0 Å². The second-order valence-electron chi connectivity index (χ2n) is 21.7. The minimum absolute atomic E-state index is 0.00760. The van der Waals surface area contributed by atoms with E-state index in [0.29, 0.717) is 47.6 Å². The molecular weight excluding hydrogens is 725 g/mol. The molecule has 8 atom stereocenters. The van der Waals surface area contributed by atoms with Crippen molar-refractivity contribution in [3.05, 3.63) is 0 Å². The summed E-state index contributed by atoms with van der Waals surface area (Å²) in [6.07, 6.45) is 27.9. The Morgan fingerprint density at radius 1 is 0.345 bits per heavy atom. The van der Waals surface area contributed by atoms with Gasteiger partial charge in [0.1, 0.15) is 0 Å². The zero-order valence-electron chi connectivity index (χ0n) is 35.4. The average Bonchev–Trinajstić information content (AvgIpc) is 3.25. The van der Waals surface area contributed by atoms with Crippen LogP contribution in [-0.4, -0.2) is 69.7 Å². The minimum Gasteiger partial charge on any atom is -0.328 e. The molecule has 0 aromatic heterocycles. The number of hydrogen-bond acceptors (Lipinski definition) is 8. The molecule has 0 radical (unpaired) electrons. The van der Waals surface area contributed by atoms with E-state index in [0.717, 1.165) is 103 Å². The Labute approximate surface area is 347 Å². The number of rotatable bonds is 4. The molecule has 4 amide bonds. The van der Waals surface area contributed by atoms with Crippen LogP contribution in [0.4, 0.5) is 0 Å². The van der Waals surface area contributed by atoms with Crippen LogP contribution in [0.5, 0.6) is 0 Å². The van der Waals surface area contributed by atoms with E-state index in [1.165, 1.54) is 64.2 Å². The highest BCUT2D eigenvalue weighted by molar-refractivity contribution is 6.02. The van der Waals surface area contributed by atoms with Crippen molar-refractivity contribution in [1.29, 1.82) is 0 Å². The van der Waals surface area contributed by atoms with Gasteiger partial charge in [0, 0.05) is 47.8 Å². The summed E-state index contributed by atoms with van der Waals surface area (Å²) in [4.78, 5) is 61.1. The molecule has 11 fully saturated rings. The predicted molar refractivity (Wildman–Crippen MR) is 222 cm³/mol. The lowest BCUT2D eigenvalue weighted by molar-refractivity contribution is -0.212. The van der Waals surface area contributed by atoms with Crippen molar-refractivity contribution in [2.24, 2.45) is 92.7 Å². The first-order chi connectivity index (χ1) is 28.3. The lowest BCUT2D eigenvalue weighted by Crippen LogP contribution is -2.69. The van der Waals surface area contributed by atoms with Crippen LogP contribution in [0.2, 0.25) is 0 Å². The van der Waals surface area contributed by atoms with Gasteiger partial charge in [-0.1, -0.05) is 38.5 Å². The number of nitrogens with zero attached hydrogens (tertiary/aromatic N) is 4. The van der Waals surface area contributed by atoms with Crippen LogP contribution < -0.4 is 11.5 Å². The summed E-state index contributed by atoms with van der Waals surface area (Å²) in [5.41, 5.74) is 11.8. The van der Waals surface area contributed by atoms with Crippen molar-refractivity contribution in [2.45, 2.75) is 203 Å². The number of imide groups is 2. The summed E-state index contributed by atoms with van der Waals surface area (Å²) in [6, 6.07) is 1.43. The fourth-order valence-corrected chi connectivity index (χ4v) is 16.6. The third-order valence-corrected chi connectivity index (χ3v) is 19.0. The zero-order chi connectivity index (χ0) is 39.7. The highest BCUT2D eigenvalue weighted by Gasteiger charge is 2.68. The number of carbonyl (C=O) groups excluding carboxylic acids is 4. The maximum Gasteiger partial charge on any atom is 0.232 e. The van der Waals surface area contributed by atoms with Crippen molar-refractivity contribution < 1.29 is 19.2 Å². The molecule has 0 spiro atoms. The van der Waals surface area contributed by atoms with Gasteiger partial charge in [-0.05, 0) is 176 Å². The molecule has 58 heavy (non-hydrogen) atoms. The van der Waals surface area contributed by atoms with E-state index in [1.807, 2.05) is 0 Å². The fraction of sp³-hybridized carbons (Fsp3) is 0.917. The number of hydrogen-bond donors (Lipinski definition) is 2. The Morgan fingerprint density at radius 2 is 0.672 bits per heavy atom. The first kappa shape index (κ1) is 39.9. The van der Waals surface area contributed by atoms with Crippen molar-refractivity contribution in [3.63, 3.8) is 0 Å². The number of amides is 4. The van der Waals surface area contributed by atoms with Crippen LogP contribution in [0.15, 0.2) is 10.2 Å². The maximum absolute atomic E-state index is 14.5. The van der Waals surface area contributed by atoms with Gasteiger partial charge in [-0.3, -0.25) is 29.0 Å². The summed E-state index contributed by atoms with van der Waals surface area (Å²) < 4.78 is 0. The second-order valence-corrected chi connectivity index (χ2v) is 21.7. The number of carbonyl (C=O) groups is 4. The molecule has 11 rings (SSSR count). The second kappa shape index (κ2) is 16.6. The predicted octanol–water partition coefficient (Wildman–Crippen LogP) is 7.95. The van der Waals surface area contributed by atoms with Crippen molar-refractivity contribution in [1.82, 2.24) is 9.80 Å². The lowest BCUT2D eigenvalue weighted by atomic mass is 9.38. The van der Waals surface area contributed by atoms with Gasteiger partial charge in [-0.2, -0.15) is 10.2 Å². The van der Waals surface area contributed by atoms with Crippen molar-refractivity contribution in [2.75, 3.05) is 0 Å². The molecule has 10 heteroatoms. The van der Waals surface area contributed by atoms with Crippen LogP contribution in [0.25, 0.3) is 0 Å². The summed E-state index contributed by atoms with van der Waals surface area (Å²) in [6.45, 7) is 0. The van der Waals surface area contributed by atoms with E-state index in [9.17, 15) is 19.2 Å². The number of azo groups is 1. The van der Waals surface area contributed by atoms with Gasteiger partial charge >= 0.3 is 0 Å². The minimum atomic E-state index is -0.0142. The standard InChI is InChI=1S/C42H61N5O4.C6H13N/c43-22-6-10-25(11-7-22)46-39(48)31-18-14-27-29-16-20-33-38-34(21-17-30(36(29)38)28-15-19-32(40(46)49)37(31)35(27)28)42(51)47(41(33)50)26-12-8-24(9-13-26)45-44-23-4-2-1-3-5-23;7-6-4-2-1-3-5-6/h22-38H,1-21,43H2;6H,1-5,7H2. The Kier molecular flexibility index (Phi) is 11.4. The highest BCUT2D eigenvalue weighted by atomic mass is 16.2. The van der Waals surface area contributed by atoms with Crippen LogP contribution in [0.1, 0.15) is 167 Å². The Morgan fingerprint density at radius 3 is 1.03 bits per heavy atom. The molecule has 0 aromatic carbocycles. The van der Waals surface area contributed by atoms with E-state index in [4.69, 9.17) is 21.7 Å². The highest BCUT2D eigenvalue weighted by Crippen LogP contribution is 2.69. The van der Waals surface area contributed by atoms with Crippen LogP contribution in [0, 0.1) is 71.0 Å². The van der Waals surface area contributed by atoms with Crippen LogP contribution in [-0.2, 0) is 19.2 Å². The number of nitrogens with two attached hydrogens (primary N) is 2. The molecule has 0 aromatic rings. The van der Waals surface area contributed by atoms with Crippen molar-refractivity contribution >= 4 is 23.6 Å². The molecule has 11 aliphatic rings. The quantitative estimate of drug-likeness (QED) is 0.218. The van der Waals surface area contributed by atoms with Crippen molar-refractivity contribution in [3.8, 4) is 0 Å². The summed E-state index contributed by atoms with van der Waals surface area (Å²) in [7, 11) is 0. The average molecular weight is 799 g/mol. The molecule has 9 aliphatic carbocycles. The van der Waals surface area contributed by atoms with Crippen LogP contribution >= 0.6 is 0 Å². The van der Waals surface area contributed by atoms with Gasteiger partial charge in [-0.15, -0.1) is 0 Å². The third-order valence-electron chi connectivity index (χ3n) is 19.0. The summed E-state index contributed by atoms with van der Waals surface area (Å²) >= 11 is 0. The first-order valence-corrected chi connectivity index (χ1v) is 24.9. The molecule has 2 heterocycles. The van der Waals surface area contributed by atoms with Gasteiger partial charge in [0.25, 0.3) is 0 Å². The van der Waals surface area contributed by atoms with Gasteiger partial charge in [0.05, 0.1) is 12.1 Å². The van der Waals surface area contributed by atoms with Gasteiger partial charge in [-0.25, -0.2) is 0 Å². The topological polar surface area (TPSA) is 152 Å². The number of fused-ring (bicyclic) bond motifs is 2. The van der Waals surface area contributed by atoms with E-state index >= 15 is 0 Å². The molecule has 9 saturated carbocycles. The molecule has 0 bridgehead atoms. The third kappa shape index (κ3) is 6.96. The number of piperidine rings is 2. The van der Waals surface area contributed by atoms with E-state index in [1.54, 1.807) is 9.80 Å². The van der Waals surface area contributed by atoms with Gasteiger partial charge in [0.2, 0.25) is 23.6 Å². The lowest BCUT2D eigenvalue weighted by Gasteiger charge is -2.68. The number of likely N-dealkylation sites (tertiary alicyclic amines) is 2. The molecule has 4 N–H and O–H groups in total. The van der Waals surface area contributed by atoms with E-state index in [-0.39, 0.29) is 83.3 Å². The molecule has 2 saturated heterocycles. The largest absolute Gasteiger partial charge is 0.328 e. The van der Waals surface area contributed by atoms with Gasteiger partial charge < -0.3 is 11.5 Å². The summed E-state index contributed by atoms with van der Waals surface area (Å²) in [5, 5.41) is 9.51. The van der Waals surface area contributed by atoms with E-state index in [2.05, 4.69) is 0 Å². The summed E-state index contributed by atoms with van der Waals surface area (Å²) in [5.74, 6) is 3.94. The normalized spacial score (nSPS) is 46.9. The Bertz CT molecular complexity index is 1510.